The van der Waals surface area contributed by atoms with Gasteiger partial charge in [0.15, 0.2) is 0 Å². The molecule has 4 heteroatoms. The third-order valence-electron chi connectivity index (χ3n) is 6.46. The number of aryl methyl sites for hydroxylation is 1. The molecule has 0 unspecified atom stereocenters. The molecule has 2 aromatic carbocycles. The fourth-order valence-corrected chi connectivity index (χ4v) is 4.37. The molecule has 0 N–H and O–H groups in total. The summed E-state index contributed by atoms with van der Waals surface area (Å²) in [6, 6.07) is 18.7. The van der Waals surface area contributed by atoms with Crippen molar-refractivity contribution in [1.29, 1.82) is 0 Å². The minimum Gasteiger partial charge on any atom is -0.490 e. The minimum atomic E-state index is -0.160. The molecule has 0 aliphatic heterocycles. The predicted octanol–water partition coefficient (Wildman–Crippen LogP) is 7.35. The summed E-state index contributed by atoms with van der Waals surface area (Å²) in [6.07, 6.45) is 13.6. The van der Waals surface area contributed by atoms with Crippen molar-refractivity contribution in [2.45, 2.75) is 84.1 Å². The molecule has 194 valence electrons. The summed E-state index contributed by atoms with van der Waals surface area (Å²) < 4.78 is 12.0. The van der Waals surface area contributed by atoms with Gasteiger partial charge in [0.25, 0.3) is 0 Å². The van der Waals surface area contributed by atoms with Crippen LogP contribution in [0.3, 0.4) is 0 Å². The van der Waals surface area contributed by atoms with E-state index in [0.29, 0.717) is 13.0 Å². The molecule has 4 nitrogen and oxygen atoms in total. The number of benzene rings is 2. The second-order valence-electron chi connectivity index (χ2n) is 10.3. The van der Waals surface area contributed by atoms with Crippen molar-refractivity contribution in [2.75, 3.05) is 33.9 Å². The topological polar surface area (TPSA) is 35.5 Å². The van der Waals surface area contributed by atoms with Gasteiger partial charge >= 0.3 is 5.97 Å². The van der Waals surface area contributed by atoms with Gasteiger partial charge < -0.3 is 14.0 Å². The van der Waals surface area contributed by atoms with Gasteiger partial charge in [-0.15, -0.1) is 0 Å². The molecule has 0 spiro atoms. The summed E-state index contributed by atoms with van der Waals surface area (Å²) in [6.45, 7) is 4.58. The first-order valence-corrected chi connectivity index (χ1v) is 13.7. The van der Waals surface area contributed by atoms with Crippen LogP contribution in [0, 0.1) is 0 Å². The molecule has 0 saturated heterocycles. The summed E-state index contributed by atoms with van der Waals surface area (Å²) in [5.41, 5.74) is 2.60. The Hall–Kier alpha value is -2.33. The Bertz CT molecular complexity index is 819. The Balaban J connectivity index is 1.55. The van der Waals surface area contributed by atoms with Crippen molar-refractivity contribution in [1.82, 2.24) is 0 Å². The molecule has 2 aromatic rings. The van der Waals surface area contributed by atoms with Crippen molar-refractivity contribution in [3.8, 4) is 5.75 Å². The zero-order chi connectivity index (χ0) is 25.2. The van der Waals surface area contributed by atoms with E-state index < -0.39 is 0 Å². The van der Waals surface area contributed by atoms with Crippen LogP contribution in [0.1, 0.15) is 82.3 Å². The number of unbranched alkanes of at least 4 members (excludes halogenated alkanes) is 8. The number of carbonyl (C=O) groups excluding carboxylic acids is 1. The first-order valence-electron chi connectivity index (χ1n) is 13.7. The molecule has 2 rings (SSSR count). The summed E-state index contributed by atoms with van der Waals surface area (Å²) in [7, 11) is 4.29. The number of carbonyl (C=O) groups is 1. The fraction of sp³-hybridized carbons (Fsp3) is 0.581. The first-order chi connectivity index (χ1) is 17.0. The SMILES string of the molecule is CCCCCCCCCCCc1cccc(OCCOC(=O)CC[N+](C)(C)Cc2ccccc2)c1. The molecule has 0 aromatic heterocycles. The number of esters is 1. The molecule has 0 heterocycles. The van der Waals surface area contributed by atoms with Gasteiger partial charge in [0.2, 0.25) is 0 Å². The van der Waals surface area contributed by atoms with Crippen LogP contribution in [-0.4, -0.2) is 44.3 Å². The molecule has 0 aliphatic rings. The molecule has 0 aliphatic carbocycles. The molecule has 35 heavy (non-hydrogen) atoms. The molecule has 0 fully saturated rings. The quantitative estimate of drug-likeness (QED) is 0.119. The summed E-state index contributed by atoms with van der Waals surface area (Å²) in [5, 5.41) is 0. The van der Waals surface area contributed by atoms with Crippen LogP contribution in [-0.2, 0) is 22.5 Å². The van der Waals surface area contributed by atoms with Crippen LogP contribution >= 0.6 is 0 Å². The summed E-state index contributed by atoms with van der Waals surface area (Å²) in [4.78, 5) is 12.2. The van der Waals surface area contributed by atoms with E-state index in [0.717, 1.165) is 29.7 Å². The van der Waals surface area contributed by atoms with Crippen LogP contribution in [0.5, 0.6) is 5.75 Å². The van der Waals surface area contributed by atoms with E-state index in [4.69, 9.17) is 9.47 Å². The Labute approximate surface area is 214 Å². The second-order valence-corrected chi connectivity index (χ2v) is 10.3. The highest BCUT2D eigenvalue weighted by molar-refractivity contribution is 5.69. The number of nitrogens with zero attached hydrogens (tertiary/aromatic N) is 1. The number of quaternary nitrogens is 1. The zero-order valence-electron chi connectivity index (χ0n) is 22.5. The molecular formula is C31H48NO3+. The Morgan fingerprint density at radius 3 is 2.14 bits per heavy atom. The highest BCUT2D eigenvalue weighted by atomic mass is 16.6. The van der Waals surface area contributed by atoms with Crippen molar-refractivity contribution in [2.24, 2.45) is 0 Å². The lowest BCUT2D eigenvalue weighted by molar-refractivity contribution is -0.903. The van der Waals surface area contributed by atoms with E-state index >= 15 is 0 Å². The van der Waals surface area contributed by atoms with Crippen LogP contribution in [0.15, 0.2) is 54.6 Å². The smallest absolute Gasteiger partial charge is 0.311 e. The molecule has 0 bridgehead atoms. The molecular weight excluding hydrogens is 434 g/mol. The zero-order valence-corrected chi connectivity index (χ0v) is 22.5. The maximum atomic E-state index is 12.2. The average Bonchev–Trinajstić information content (AvgIpc) is 2.85. The number of ether oxygens (including phenoxy) is 2. The largest absolute Gasteiger partial charge is 0.490 e. The molecule has 0 atom stereocenters. The van der Waals surface area contributed by atoms with Gasteiger partial charge in [-0.3, -0.25) is 4.79 Å². The number of hydrogen-bond acceptors (Lipinski definition) is 3. The maximum Gasteiger partial charge on any atom is 0.311 e. The van der Waals surface area contributed by atoms with Gasteiger partial charge in [-0.25, -0.2) is 0 Å². The van der Waals surface area contributed by atoms with Crippen molar-refractivity contribution in [3.63, 3.8) is 0 Å². The lowest BCUT2D eigenvalue weighted by Gasteiger charge is -2.29. The van der Waals surface area contributed by atoms with Crippen LogP contribution in [0.4, 0.5) is 0 Å². The number of hydrogen-bond donors (Lipinski definition) is 0. The second kappa shape index (κ2) is 17.2. The minimum absolute atomic E-state index is 0.160. The highest BCUT2D eigenvalue weighted by Crippen LogP contribution is 2.17. The summed E-state index contributed by atoms with van der Waals surface area (Å²) >= 11 is 0. The Morgan fingerprint density at radius 1 is 0.771 bits per heavy atom. The first kappa shape index (κ1) is 28.9. The van der Waals surface area contributed by atoms with Gasteiger partial charge in [0.05, 0.1) is 27.1 Å². The normalized spacial score (nSPS) is 11.4. The van der Waals surface area contributed by atoms with Crippen LogP contribution in [0.2, 0.25) is 0 Å². The highest BCUT2D eigenvalue weighted by Gasteiger charge is 2.18. The Kier molecular flexibility index (Phi) is 14.2. The molecule has 0 amide bonds. The maximum absolute atomic E-state index is 12.2. The van der Waals surface area contributed by atoms with Crippen LogP contribution < -0.4 is 4.74 Å². The van der Waals surface area contributed by atoms with E-state index in [2.05, 4.69) is 63.5 Å². The van der Waals surface area contributed by atoms with Gasteiger partial charge in [0.1, 0.15) is 25.5 Å². The third-order valence-corrected chi connectivity index (χ3v) is 6.46. The van der Waals surface area contributed by atoms with E-state index in [1.165, 1.54) is 68.9 Å². The van der Waals surface area contributed by atoms with E-state index in [9.17, 15) is 4.79 Å². The van der Waals surface area contributed by atoms with Crippen molar-refractivity contribution in [3.05, 3.63) is 65.7 Å². The standard InChI is InChI=1S/C31H48NO3/c1-4-5-6-7-8-9-10-11-13-17-28-20-16-21-30(26-28)34-24-25-35-31(33)22-23-32(2,3)27-29-18-14-12-15-19-29/h12,14-16,18-21,26H,4-11,13,17,22-25,27H2,1-3H3/q+1. The van der Waals surface area contributed by atoms with Crippen molar-refractivity contribution >= 4 is 5.97 Å². The fourth-order valence-electron chi connectivity index (χ4n) is 4.37. The molecule has 0 radical (unpaired) electrons. The lowest BCUT2D eigenvalue weighted by atomic mass is 10.0. The van der Waals surface area contributed by atoms with Gasteiger partial charge in [-0.1, -0.05) is 101 Å². The van der Waals surface area contributed by atoms with E-state index in [1.807, 2.05) is 12.1 Å². The third kappa shape index (κ3) is 14.0. The lowest BCUT2D eigenvalue weighted by Crippen LogP contribution is -2.40. The van der Waals surface area contributed by atoms with E-state index in [-0.39, 0.29) is 12.6 Å². The monoisotopic (exact) mass is 482 g/mol. The predicted molar refractivity (Wildman–Crippen MR) is 146 cm³/mol. The Morgan fingerprint density at radius 2 is 1.43 bits per heavy atom. The van der Waals surface area contributed by atoms with E-state index in [1.54, 1.807) is 0 Å². The number of rotatable bonds is 19. The summed E-state index contributed by atoms with van der Waals surface area (Å²) in [5.74, 6) is 0.696. The average molecular weight is 483 g/mol. The van der Waals surface area contributed by atoms with Gasteiger partial charge in [0, 0.05) is 5.56 Å². The van der Waals surface area contributed by atoms with Gasteiger partial charge in [-0.05, 0) is 30.5 Å². The molecule has 0 saturated carbocycles. The van der Waals surface area contributed by atoms with Gasteiger partial charge in [-0.2, -0.15) is 0 Å². The van der Waals surface area contributed by atoms with Crippen molar-refractivity contribution < 1.29 is 18.8 Å². The van der Waals surface area contributed by atoms with Crippen LogP contribution in [0.25, 0.3) is 0 Å².